The van der Waals surface area contributed by atoms with Crippen molar-refractivity contribution in [3.05, 3.63) is 0 Å². The van der Waals surface area contributed by atoms with E-state index in [4.69, 9.17) is 0 Å². The summed E-state index contributed by atoms with van der Waals surface area (Å²) >= 11 is 0. The predicted molar refractivity (Wildman–Crippen MR) is 87.3 cm³/mol. The summed E-state index contributed by atoms with van der Waals surface area (Å²) in [5, 5.41) is 15.2. The van der Waals surface area contributed by atoms with Gasteiger partial charge in [0.05, 0.1) is 6.10 Å². The third-order valence-corrected chi connectivity index (χ3v) is 4.32. The summed E-state index contributed by atoms with van der Waals surface area (Å²) in [5.41, 5.74) is -0.170. The fourth-order valence-corrected chi connectivity index (χ4v) is 3.11. The van der Waals surface area contributed by atoms with Gasteiger partial charge in [0.25, 0.3) is 0 Å². The summed E-state index contributed by atoms with van der Waals surface area (Å²) < 4.78 is 0. The molecule has 0 saturated heterocycles. The van der Waals surface area contributed by atoms with Crippen molar-refractivity contribution in [3.8, 4) is 0 Å². The molecule has 0 spiro atoms. The summed E-state index contributed by atoms with van der Waals surface area (Å²) in [5.74, 6) is -0.0934. The van der Waals surface area contributed by atoms with E-state index >= 15 is 0 Å². The Morgan fingerprint density at radius 3 is 2.32 bits per heavy atom. The van der Waals surface area contributed by atoms with Crippen LogP contribution < -0.4 is 10.6 Å². The zero-order valence-electron chi connectivity index (χ0n) is 14.4. The molecule has 2 atom stereocenters. The third kappa shape index (κ3) is 6.77. The van der Waals surface area contributed by atoms with Crippen LogP contribution in [0.3, 0.4) is 0 Å². The van der Waals surface area contributed by atoms with Gasteiger partial charge in [-0.05, 0) is 38.5 Å². The normalized spacial score (nSPS) is 19.3. The summed E-state index contributed by atoms with van der Waals surface area (Å²) in [6.45, 7) is 7.96. The Kier molecular flexibility index (Phi) is 7.33. The van der Waals surface area contributed by atoms with E-state index in [9.17, 15) is 14.7 Å². The van der Waals surface area contributed by atoms with E-state index in [-0.39, 0.29) is 23.1 Å². The number of hydrogen-bond donors (Lipinski definition) is 3. The van der Waals surface area contributed by atoms with Crippen molar-refractivity contribution >= 4 is 11.8 Å². The second-order valence-corrected chi connectivity index (χ2v) is 7.50. The van der Waals surface area contributed by atoms with Crippen molar-refractivity contribution < 1.29 is 14.7 Å². The lowest BCUT2D eigenvalue weighted by Crippen LogP contribution is -2.48. The molecule has 0 aromatic heterocycles. The Morgan fingerprint density at radius 1 is 1.18 bits per heavy atom. The quantitative estimate of drug-likeness (QED) is 0.672. The van der Waals surface area contributed by atoms with Crippen LogP contribution in [-0.4, -0.2) is 35.6 Å². The van der Waals surface area contributed by atoms with Gasteiger partial charge in [-0.2, -0.15) is 0 Å². The summed E-state index contributed by atoms with van der Waals surface area (Å²) in [7, 11) is 0. The largest absolute Gasteiger partial charge is 0.393 e. The molecule has 0 unspecified atom stereocenters. The molecule has 0 aliphatic heterocycles. The van der Waals surface area contributed by atoms with Gasteiger partial charge < -0.3 is 15.7 Å². The highest BCUT2D eigenvalue weighted by Gasteiger charge is 2.26. The molecule has 0 heterocycles. The van der Waals surface area contributed by atoms with Gasteiger partial charge in [0, 0.05) is 12.5 Å². The van der Waals surface area contributed by atoms with Gasteiger partial charge in [0.15, 0.2) is 0 Å². The number of amides is 2. The minimum atomic E-state index is -0.517. The van der Waals surface area contributed by atoms with Gasteiger partial charge >= 0.3 is 0 Å². The monoisotopic (exact) mass is 312 g/mol. The van der Waals surface area contributed by atoms with E-state index in [2.05, 4.69) is 10.6 Å². The number of nitrogens with one attached hydrogen (secondary N) is 2. The molecule has 1 aliphatic rings. The maximum atomic E-state index is 12.1. The molecule has 0 aromatic carbocycles. The SMILES string of the molecule is C[C@H](NC(=O)C1CCCCC1)C(=O)NCC(C)(C)C[C@@H](C)O. The van der Waals surface area contributed by atoms with E-state index in [1.807, 2.05) is 13.8 Å². The van der Waals surface area contributed by atoms with E-state index in [0.717, 1.165) is 25.7 Å². The number of hydrogen-bond acceptors (Lipinski definition) is 3. The highest BCUT2D eigenvalue weighted by atomic mass is 16.3. The minimum absolute atomic E-state index is 0.00518. The molecule has 0 bridgehead atoms. The Morgan fingerprint density at radius 2 is 1.77 bits per heavy atom. The van der Waals surface area contributed by atoms with E-state index in [1.165, 1.54) is 6.42 Å². The van der Waals surface area contributed by atoms with E-state index in [1.54, 1.807) is 13.8 Å². The Bertz CT molecular complexity index is 374. The zero-order chi connectivity index (χ0) is 16.8. The van der Waals surface area contributed by atoms with Crippen molar-refractivity contribution in [2.45, 2.75) is 78.4 Å². The molecule has 1 fully saturated rings. The summed E-state index contributed by atoms with van der Waals surface area (Å²) in [6.07, 6.45) is 5.51. The Hall–Kier alpha value is -1.10. The van der Waals surface area contributed by atoms with Crippen LogP contribution in [0.4, 0.5) is 0 Å². The van der Waals surface area contributed by atoms with Crippen LogP contribution in [0.1, 0.15) is 66.2 Å². The minimum Gasteiger partial charge on any atom is -0.393 e. The number of aliphatic hydroxyl groups excluding tert-OH is 1. The maximum absolute atomic E-state index is 12.1. The molecule has 0 aromatic rings. The molecule has 3 N–H and O–H groups in total. The van der Waals surface area contributed by atoms with Crippen molar-refractivity contribution in [1.82, 2.24) is 10.6 Å². The molecule has 5 nitrogen and oxygen atoms in total. The molecular formula is C17H32N2O3. The molecule has 2 amide bonds. The second kappa shape index (κ2) is 8.51. The maximum Gasteiger partial charge on any atom is 0.242 e. The van der Waals surface area contributed by atoms with Crippen molar-refractivity contribution in [2.24, 2.45) is 11.3 Å². The fraction of sp³-hybridized carbons (Fsp3) is 0.882. The first-order valence-electron chi connectivity index (χ1n) is 8.47. The van der Waals surface area contributed by atoms with Crippen molar-refractivity contribution in [3.63, 3.8) is 0 Å². The molecule has 1 rings (SSSR count). The number of rotatable bonds is 7. The van der Waals surface area contributed by atoms with Crippen LogP contribution in [0, 0.1) is 11.3 Å². The van der Waals surface area contributed by atoms with E-state index < -0.39 is 12.1 Å². The van der Waals surface area contributed by atoms with Gasteiger partial charge in [-0.1, -0.05) is 33.1 Å². The van der Waals surface area contributed by atoms with Crippen LogP contribution in [0.25, 0.3) is 0 Å². The van der Waals surface area contributed by atoms with E-state index in [0.29, 0.717) is 13.0 Å². The van der Waals surface area contributed by atoms with Crippen molar-refractivity contribution in [2.75, 3.05) is 6.54 Å². The first-order valence-corrected chi connectivity index (χ1v) is 8.47. The smallest absolute Gasteiger partial charge is 0.242 e. The zero-order valence-corrected chi connectivity index (χ0v) is 14.4. The second-order valence-electron chi connectivity index (χ2n) is 7.50. The molecule has 5 heteroatoms. The average Bonchev–Trinajstić information content (AvgIpc) is 2.44. The predicted octanol–water partition coefficient (Wildman–Crippen LogP) is 1.98. The standard InChI is InChI=1S/C17H32N2O3/c1-12(20)10-17(3,4)11-18-15(21)13(2)19-16(22)14-8-6-5-7-9-14/h12-14,20H,5-11H2,1-4H3,(H,18,21)(H,19,22)/t12-,13+/m1/s1. The first-order chi connectivity index (χ1) is 10.2. The first kappa shape index (κ1) is 18.9. The van der Waals surface area contributed by atoms with Gasteiger partial charge in [-0.25, -0.2) is 0 Å². The highest BCUT2D eigenvalue weighted by molar-refractivity contribution is 5.88. The lowest BCUT2D eigenvalue weighted by Gasteiger charge is -2.27. The number of carbonyl (C=O) groups is 2. The molecule has 1 saturated carbocycles. The highest BCUT2D eigenvalue weighted by Crippen LogP contribution is 2.24. The topological polar surface area (TPSA) is 78.4 Å². The van der Waals surface area contributed by atoms with Crippen LogP contribution in [0.15, 0.2) is 0 Å². The van der Waals surface area contributed by atoms with Gasteiger partial charge in [-0.15, -0.1) is 0 Å². The lowest BCUT2D eigenvalue weighted by atomic mass is 9.87. The van der Waals surface area contributed by atoms with Crippen LogP contribution in [0.2, 0.25) is 0 Å². The van der Waals surface area contributed by atoms with Gasteiger partial charge in [0.2, 0.25) is 11.8 Å². The van der Waals surface area contributed by atoms with Crippen LogP contribution >= 0.6 is 0 Å². The third-order valence-electron chi connectivity index (χ3n) is 4.32. The lowest BCUT2D eigenvalue weighted by molar-refractivity contribution is -0.131. The summed E-state index contributed by atoms with van der Waals surface area (Å²) in [4.78, 5) is 24.2. The number of aliphatic hydroxyl groups is 1. The average molecular weight is 312 g/mol. The Labute approximate surface area is 134 Å². The molecule has 1 aliphatic carbocycles. The van der Waals surface area contributed by atoms with Crippen LogP contribution in [-0.2, 0) is 9.59 Å². The molecule has 0 radical (unpaired) electrons. The fourth-order valence-electron chi connectivity index (χ4n) is 3.11. The Balaban J connectivity index is 2.36. The molecule has 22 heavy (non-hydrogen) atoms. The number of carbonyl (C=O) groups excluding carboxylic acids is 2. The van der Waals surface area contributed by atoms with Crippen molar-refractivity contribution in [1.29, 1.82) is 0 Å². The van der Waals surface area contributed by atoms with Gasteiger partial charge in [0.1, 0.15) is 6.04 Å². The molecule has 128 valence electrons. The van der Waals surface area contributed by atoms with Crippen LogP contribution in [0.5, 0.6) is 0 Å². The van der Waals surface area contributed by atoms with Gasteiger partial charge in [-0.3, -0.25) is 9.59 Å². The molecular weight excluding hydrogens is 280 g/mol. The summed E-state index contributed by atoms with van der Waals surface area (Å²) in [6, 6.07) is -0.517.